The third-order valence-corrected chi connectivity index (χ3v) is 2.66. The Labute approximate surface area is 117 Å². The summed E-state index contributed by atoms with van der Waals surface area (Å²) in [4.78, 5) is 0. The molecule has 4 N–H and O–H groups in total. The zero-order chi connectivity index (χ0) is 14.9. The molecule has 0 radical (unpaired) electrons. The summed E-state index contributed by atoms with van der Waals surface area (Å²) < 4.78 is 5.62. The number of rotatable bonds is 11. The van der Waals surface area contributed by atoms with Crippen molar-refractivity contribution in [3.63, 3.8) is 0 Å². The van der Waals surface area contributed by atoms with Gasteiger partial charge in [0.05, 0.1) is 19.3 Å². The lowest BCUT2D eigenvalue weighted by atomic mass is 10.1. The summed E-state index contributed by atoms with van der Waals surface area (Å²) in [7, 11) is 0. The Kier molecular flexibility index (Phi) is 19.8. The molecule has 0 saturated carbocycles. The fraction of sp³-hybridized carbons (Fsp3) is 1.00. The van der Waals surface area contributed by atoms with Crippen molar-refractivity contribution < 1.29 is 25.2 Å². The molecule has 1 atom stereocenters. The smallest absolute Gasteiger partial charge is 0.100 e. The van der Waals surface area contributed by atoms with Crippen LogP contribution in [0.5, 0.6) is 0 Å². The van der Waals surface area contributed by atoms with Crippen molar-refractivity contribution in [2.45, 2.75) is 64.6 Å². The van der Waals surface area contributed by atoms with Crippen LogP contribution in [0.2, 0.25) is 0 Å². The molecule has 5 heteroatoms. The first-order valence-electron chi connectivity index (χ1n) is 7.28. The minimum atomic E-state index is -0.954. The third-order valence-electron chi connectivity index (χ3n) is 2.66. The van der Waals surface area contributed by atoms with Gasteiger partial charge in [-0.15, -0.1) is 0 Å². The summed E-state index contributed by atoms with van der Waals surface area (Å²) in [6.07, 6.45) is 6.35. The normalized spacial score (nSPS) is 12.2. The van der Waals surface area contributed by atoms with E-state index in [2.05, 4.69) is 13.8 Å². The summed E-state index contributed by atoms with van der Waals surface area (Å²) >= 11 is 0. The van der Waals surface area contributed by atoms with Gasteiger partial charge in [-0.2, -0.15) is 0 Å². The molecule has 0 heterocycles. The van der Waals surface area contributed by atoms with Crippen molar-refractivity contribution in [2.75, 3.05) is 26.4 Å². The maximum atomic E-state index is 8.59. The van der Waals surface area contributed by atoms with Crippen LogP contribution in [0, 0.1) is 0 Å². The lowest BCUT2D eigenvalue weighted by Gasteiger charge is -2.15. The molecule has 0 aromatic rings. The van der Waals surface area contributed by atoms with Gasteiger partial charge in [0.15, 0.2) is 0 Å². The first kappa shape index (κ1) is 21.1. The Balaban J connectivity index is 0. The van der Waals surface area contributed by atoms with Crippen LogP contribution in [0.1, 0.15) is 52.4 Å². The molecule has 0 rings (SSSR count). The maximum Gasteiger partial charge on any atom is 0.100 e. The standard InChI is InChI=1S/C11H24O2.C3H8O3/c1-3-5-6-8-11(4-2)13-10-7-9-12;4-1-3(6)2-5/h11-12H,3-10H2,1-2H3;3-6H,1-2H2. The molecular weight excluding hydrogens is 248 g/mol. The lowest BCUT2D eigenvalue weighted by Crippen LogP contribution is -2.15. The van der Waals surface area contributed by atoms with Crippen LogP contribution in [-0.4, -0.2) is 59.1 Å². The Morgan fingerprint density at radius 3 is 1.95 bits per heavy atom. The second-order valence-corrected chi connectivity index (χ2v) is 4.49. The third kappa shape index (κ3) is 17.8. The summed E-state index contributed by atoms with van der Waals surface area (Å²) in [6.45, 7) is 4.60. The molecule has 0 amide bonds. The van der Waals surface area contributed by atoms with E-state index in [1.54, 1.807) is 0 Å². The summed E-state index contributed by atoms with van der Waals surface area (Å²) in [5, 5.41) is 32.6. The predicted molar refractivity (Wildman–Crippen MR) is 76.1 cm³/mol. The average Bonchev–Trinajstić information content (AvgIpc) is 2.45. The quantitative estimate of drug-likeness (QED) is 0.425. The fourth-order valence-corrected chi connectivity index (χ4v) is 1.40. The van der Waals surface area contributed by atoms with Crippen LogP contribution in [0.25, 0.3) is 0 Å². The van der Waals surface area contributed by atoms with Gasteiger partial charge in [0, 0.05) is 13.2 Å². The molecule has 0 fully saturated rings. The first-order valence-corrected chi connectivity index (χ1v) is 7.28. The minimum absolute atomic E-state index is 0.241. The van der Waals surface area contributed by atoms with Crippen LogP contribution >= 0.6 is 0 Å². The van der Waals surface area contributed by atoms with Crippen molar-refractivity contribution in [3.8, 4) is 0 Å². The molecule has 1 unspecified atom stereocenters. The molecule has 0 bridgehead atoms. The fourth-order valence-electron chi connectivity index (χ4n) is 1.40. The van der Waals surface area contributed by atoms with Gasteiger partial charge in [0.2, 0.25) is 0 Å². The van der Waals surface area contributed by atoms with Crippen molar-refractivity contribution >= 4 is 0 Å². The molecule has 0 aliphatic heterocycles. The predicted octanol–water partition coefficient (Wildman–Crippen LogP) is 1.08. The van der Waals surface area contributed by atoms with E-state index < -0.39 is 6.10 Å². The average molecular weight is 280 g/mol. The van der Waals surface area contributed by atoms with Gasteiger partial charge in [0.1, 0.15) is 6.10 Å². The van der Waals surface area contributed by atoms with E-state index in [4.69, 9.17) is 25.2 Å². The van der Waals surface area contributed by atoms with Gasteiger partial charge in [0.25, 0.3) is 0 Å². The van der Waals surface area contributed by atoms with E-state index in [0.717, 1.165) is 12.8 Å². The highest BCUT2D eigenvalue weighted by atomic mass is 16.5. The number of ether oxygens (including phenoxy) is 1. The first-order chi connectivity index (χ1) is 9.15. The second kappa shape index (κ2) is 17.8. The SMILES string of the molecule is CCCCCC(CC)OCCCO.OCC(O)CO. The summed E-state index contributed by atoms with van der Waals surface area (Å²) in [6, 6.07) is 0. The molecule has 5 nitrogen and oxygen atoms in total. The maximum absolute atomic E-state index is 8.59. The lowest BCUT2D eigenvalue weighted by molar-refractivity contribution is 0.0350. The van der Waals surface area contributed by atoms with Crippen molar-refractivity contribution in [1.82, 2.24) is 0 Å². The second-order valence-electron chi connectivity index (χ2n) is 4.49. The minimum Gasteiger partial charge on any atom is -0.396 e. The molecule has 0 saturated heterocycles. The summed E-state index contributed by atoms with van der Waals surface area (Å²) in [5.41, 5.74) is 0. The Morgan fingerprint density at radius 2 is 1.58 bits per heavy atom. The van der Waals surface area contributed by atoms with Crippen molar-refractivity contribution in [3.05, 3.63) is 0 Å². The van der Waals surface area contributed by atoms with E-state index in [1.165, 1.54) is 25.7 Å². The monoisotopic (exact) mass is 280 g/mol. The molecule has 0 spiro atoms. The zero-order valence-electron chi connectivity index (χ0n) is 12.4. The molecule has 0 aliphatic carbocycles. The van der Waals surface area contributed by atoms with Gasteiger partial charge in [-0.1, -0.05) is 33.1 Å². The van der Waals surface area contributed by atoms with Gasteiger partial charge in [-0.25, -0.2) is 0 Å². The van der Waals surface area contributed by atoms with Crippen molar-refractivity contribution in [2.24, 2.45) is 0 Å². The van der Waals surface area contributed by atoms with Crippen molar-refractivity contribution in [1.29, 1.82) is 0 Å². The number of unbranched alkanes of at least 4 members (excludes halogenated alkanes) is 2. The number of aliphatic hydroxyl groups excluding tert-OH is 4. The van der Waals surface area contributed by atoms with E-state index in [-0.39, 0.29) is 19.8 Å². The van der Waals surface area contributed by atoms with E-state index in [0.29, 0.717) is 12.7 Å². The van der Waals surface area contributed by atoms with Gasteiger partial charge in [-0.3, -0.25) is 0 Å². The topological polar surface area (TPSA) is 90.2 Å². The molecule has 118 valence electrons. The van der Waals surface area contributed by atoms with Crippen LogP contribution in [0.3, 0.4) is 0 Å². The molecule has 19 heavy (non-hydrogen) atoms. The van der Waals surface area contributed by atoms with Crippen LogP contribution in [0.15, 0.2) is 0 Å². The van der Waals surface area contributed by atoms with E-state index in [9.17, 15) is 0 Å². The zero-order valence-corrected chi connectivity index (χ0v) is 12.4. The highest BCUT2D eigenvalue weighted by molar-refractivity contribution is 4.55. The highest BCUT2D eigenvalue weighted by Crippen LogP contribution is 2.10. The van der Waals surface area contributed by atoms with Gasteiger partial charge < -0.3 is 25.2 Å². The number of aliphatic hydroxyl groups is 4. The Hall–Kier alpha value is -0.200. The number of hydrogen-bond acceptors (Lipinski definition) is 5. The summed E-state index contributed by atoms with van der Waals surface area (Å²) in [5.74, 6) is 0. The largest absolute Gasteiger partial charge is 0.396 e. The molecule has 0 aliphatic rings. The van der Waals surface area contributed by atoms with E-state index in [1.807, 2.05) is 0 Å². The van der Waals surface area contributed by atoms with Gasteiger partial charge >= 0.3 is 0 Å². The molecular formula is C14H32O5. The van der Waals surface area contributed by atoms with Crippen LogP contribution < -0.4 is 0 Å². The number of hydrogen-bond donors (Lipinski definition) is 4. The molecule has 0 aromatic carbocycles. The Morgan fingerprint density at radius 1 is 0.947 bits per heavy atom. The van der Waals surface area contributed by atoms with E-state index >= 15 is 0 Å². The van der Waals surface area contributed by atoms with Crippen LogP contribution in [-0.2, 0) is 4.74 Å². The Bertz CT molecular complexity index is 141. The molecule has 0 aromatic heterocycles. The van der Waals surface area contributed by atoms with Gasteiger partial charge in [-0.05, 0) is 19.3 Å². The highest BCUT2D eigenvalue weighted by Gasteiger charge is 2.04. The van der Waals surface area contributed by atoms with Crippen LogP contribution in [0.4, 0.5) is 0 Å².